The third-order valence-corrected chi connectivity index (χ3v) is 4.99. The van der Waals surface area contributed by atoms with Crippen molar-refractivity contribution in [2.45, 2.75) is 18.9 Å². The summed E-state index contributed by atoms with van der Waals surface area (Å²) in [6.45, 7) is 1.09. The summed E-state index contributed by atoms with van der Waals surface area (Å²) < 4.78 is 20.5. The summed E-state index contributed by atoms with van der Waals surface area (Å²) in [5.74, 6) is -0.340. The van der Waals surface area contributed by atoms with Gasteiger partial charge in [0.05, 0.1) is 6.10 Å². The van der Waals surface area contributed by atoms with Crippen LogP contribution >= 0.6 is 0 Å². The number of amides is 1. The van der Waals surface area contributed by atoms with E-state index in [0.717, 1.165) is 5.56 Å². The lowest BCUT2D eigenvalue weighted by Crippen LogP contribution is -2.47. The van der Waals surface area contributed by atoms with Crippen LogP contribution in [0.4, 0.5) is 4.39 Å². The molecule has 1 aliphatic heterocycles. The molecule has 1 aliphatic rings. The quantitative estimate of drug-likeness (QED) is 0.842. The molecule has 138 valence electrons. The minimum Gasteiger partial charge on any atom is -0.381 e. The number of ether oxygens (including phenoxy) is 1. The van der Waals surface area contributed by atoms with E-state index in [2.05, 4.69) is 0 Å². The topological polar surface area (TPSA) is 51.5 Å². The molecule has 3 rings (SSSR count). The summed E-state index contributed by atoms with van der Waals surface area (Å²) in [6, 6.07) is 9.55. The number of halogens is 1. The summed E-state index contributed by atoms with van der Waals surface area (Å²) in [7, 11) is 3.32. The highest BCUT2D eigenvalue weighted by Gasteiger charge is 2.32. The molecule has 0 spiro atoms. The Morgan fingerprint density at radius 2 is 2.12 bits per heavy atom. The van der Waals surface area contributed by atoms with Gasteiger partial charge in [-0.1, -0.05) is 12.1 Å². The maximum absolute atomic E-state index is 13.5. The number of hydrogen-bond donors (Lipinski definition) is 0. The van der Waals surface area contributed by atoms with Crippen LogP contribution in [0.2, 0.25) is 0 Å². The van der Waals surface area contributed by atoms with Crippen LogP contribution in [-0.2, 0) is 18.2 Å². The second-order valence-corrected chi connectivity index (χ2v) is 6.77. The van der Waals surface area contributed by atoms with E-state index in [1.54, 1.807) is 37.4 Å². The molecule has 1 aromatic heterocycles. The van der Waals surface area contributed by atoms with Gasteiger partial charge in [-0.05, 0) is 36.6 Å². The Kier molecular flexibility index (Phi) is 5.52. The standard InChI is InChI=1S/C20H23FN2O3/c1-22-8-6-15(12-19(22)24)20(25)23-9-7-18(26-2)16(13-23)10-14-4-3-5-17(21)11-14/h3-6,8,11-12,16,18H,7,9-10,13H2,1-2H3/t16-,18-/m1/s1. The zero-order valence-corrected chi connectivity index (χ0v) is 15.0. The van der Waals surface area contributed by atoms with Crippen LogP contribution in [0.25, 0.3) is 0 Å². The first-order chi connectivity index (χ1) is 12.5. The van der Waals surface area contributed by atoms with Gasteiger partial charge in [0.15, 0.2) is 0 Å². The maximum Gasteiger partial charge on any atom is 0.254 e. The SMILES string of the molecule is CO[C@@H]1CCN(C(=O)c2ccn(C)c(=O)c2)C[C@H]1Cc1cccc(F)c1. The van der Waals surface area contributed by atoms with Crippen molar-refractivity contribution in [3.8, 4) is 0 Å². The van der Waals surface area contributed by atoms with Gasteiger partial charge in [0.2, 0.25) is 0 Å². The number of carbonyl (C=O) groups excluding carboxylic acids is 1. The Morgan fingerprint density at radius 1 is 1.31 bits per heavy atom. The van der Waals surface area contributed by atoms with Crippen molar-refractivity contribution >= 4 is 5.91 Å². The molecule has 0 radical (unpaired) electrons. The van der Waals surface area contributed by atoms with E-state index in [-0.39, 0.29) is 29.3 Å². The predicted molar refractivity (Wildman–Crippen MR) is 96.6 cm³/mol. The molecule has 2 aromatic rings. The average Bonchev–Trinajstić information content (AvgIpc) is 2.63. The van der Waals surface area contributed by atoms with Gasteiger partial charge in [-0.3, -0.25) is 9.59 Å². The van der Waals surface area contributed by atoms with Crippen LogP contribution in [0.1, 0.15) is 22.3 Å². The largest absolute Gasteiger partial charge is 0.381 e. The van der Waals surface area contributed by atoms with Gasteiger partial charge in [0.1, 0.15) is 5.82 Å². The fourth-order valence-corrected chi connectivity index (χ4v) is 3.53. The number of rotatable bonds is 4. The van der Waals surface area contributed by atoms with E-state index in [0.29, 0.717) is 31.5 Å². The molecule has 0 bridgehead atoms. The Bertz CT molecular complexity index is 849. The van der Waals surface area contributed by atoms with E-state index < -0.39 is 0 Å². The van der Waals surface area contributed by atoms with Gasteiger partial charge >= 0.3 is 0 Å². The highest BCUT2D eigenvalue weighted by atomic mass is 19.1. The zero-order chi connectivity index (χ0) is 18.7. The highest BCUT2D eigenvalue weighted by Crippen LogP contribution is 2.25. The molecule has 0 aliphatic carbocycles. The van der Waals surface area contributed by atoms with Crippen molar-refractivity contribution < 1.29 is 13.9 Å². The Morgan fingerprint density at radius 3 is 2.81 bits per heavy atom. The lowest BCUT2D eigenvalue weighted by molar-refractivity contribution is -0.00302. The number of aryl methyl sites for hydroxylation is 1. The van der Waals surface area contributed by atoms with Crippen LogP contribution in [0, 0.1) is 11.7 Å². The minimum absolute atomic E-state index is 0.0194. The first-order valence-corrected chi connectivity index (χ1v) is 8.71. The zero-order valence-electron chi connectivity index (χ0n) is 15.0. The Balaban J connectivity index is 1.76. The molecule has 1 fully saturated rings. The molecule has 0 unspecified atom stereocenters. The molecule has 1 saturated heterocycles. The smallest absolute Gasteiger partial charge is 0.254 e. The van der Waals surface area contributed by atoms with E-state index in [1.165, 1.54) is 22.8 Å². The van der Waals surface area contributed by atoms with Crippen molar-refractivity contribution in [1.82, 2.24) is 9.47 Å². The fourth-order valence-electron chi connectivity index (χ4n) is 3.53. The van der Waals surface area contributed by atoms with Crippen LogP contribution in [0.3, 0.4) is 0 Å². The van der Waals surface area contributed by atoms with Crippen molar-refractivity contribution in [2.24, 2.45) is 13.0 Å². The molecule has 6 heteroatoms. The molecule has 1 aromatic carbocycles. The van der Waals surface area contributed by atoms with Crippen molar-refractivity contribution in [3.05, 3.63) is 69.9 Å². The number of nitrogens with zero attached hydrogens (tertiary/aromatic N) is 2. The average molecular weight is 358 g/mol. The van der Waals surface area contributed by atoms with Crippen molar-refractivity contribution in [3.63, 3.8) is 0 Å². The lowest BCUT2D eigenvalue weighted by Gasteiger charge is -2.38. The van der Waals surface area contributed by atoms with E-state index in [4.69, 9.17) is 4.74 Å². The molecule has 5 nitrogen and oxygen atoms in total. The molecule has 1 amide bonds. The number of pyridine rings is 1. The second kappa shape index (κ2) is 7.83. The minimum atomic E-state index is -0.264. The van der Waals surface area contributed by atoms with Crippen molar-refractivity contribution in [2.75, 3.05) is 20.2 Å². The van der Waals surface area contributed by atoms with Gasteiger partial charge in [-0.15, -0.1) is 0 Å². The normalized spacial score (nSPS) is 20.2. The van der Waals surface area contributed by atoms with Gasteiger partial charge in [0, 0.05) is 51.0 Å². The molecule has 0 N–H and O–H groups in total. The third-order valence-electron chi connectivity index (χ3n) is 4.99. The van der Waals surface area contributed by atoms with E-state index in [1.807, 2.05) is 6.07 Å². The fraction of sp³-hybridized carbons (Fsp3) is 0.400. The third kappa shape index (κ3) is 4.02. The number of carbonyl (C=O) groups is 1. The Labute approximate surface area is 152 Å². The van der Waals surface area contributed by atoms with Crippen molar-refractivity contribution in [1.29, 1.82) is 0 Å². The first kappa shape index (κ1) is 18.3. The van der Waals surface area contributed by atoms with Crippen LogP contribution in [0.5, 0.6) is 0 Å². The Hall–Kier alpha value is -2.47. The monoisotopic (exact) mass is 358 g/mol. The number of aromatic nitrogens is 1. The summed E-state index contributed by atoms with van der Waals surface area (Å²) in [5, 5.41) is 0. The van der Waals surface area contributed by atoms with Crippen LogP contribution in [0.15, 0.2) is 47.4 Å². The van der Waals surface area contributed by atoms with Gasteiger partial charge in [-0.2, -0.15) is 0 Å². The van der Waals surface area contributed by atoms with E-state index in [9.17, 15) is 14.0 Å². The lowest BCUT2D eigenvalue weighted by atomic mass is 9.88. The molecular weight excluding hydrogens is 335 g/mol. The maximum atomic E-state index is 13.5. The summed E-state index contributed by atoms with van der Waals surface area (Å²) in [6.07, 6.45) is 2.97. The van der Waals surface area contributed by atoms with Gasteiger partial charge in [-0.25, -0.2) is 4.39 Å². The number of methoxy groups -OCH3 is 1. The van der Waals surface area contributed by atoms with Crippen LogP contribution < -0.4 is 5.56 Å². The number of hydrogen-bond acceptors (Lipinski definition) is 3. The number of benzene rings is 1. The number of likely N-dealkylation sites (tertiary alicyclic amines) is 1. The van der Waals surface area contributed by atoms with Gasteiger partial charge in [0.25, 0.3) is 11.5 Å². The first-order valence-electron chi connectivity index (χ1n) is 8.71. The van der Waals surface area contributed by atoms with Crippen LogP contribution in [-0.4, -0.2) is 41.7 Å². The second-order valence-electron chi connectivity index (χ2n) is 6.77. The molecular formula is C20H23FN2O3. The molecule has 2 heterocycles. The summed E-state index contributed by atoms with van der Waals surface area (Å²) in [4.78, 5) is 26.3. The predicted octanol–water partition coefficient (Wildman–Crippen LogP) is 2.24. The molecule has 0 saturated carbocycles. The van der Waals surface area contributed by atoms with Gasteiger partial charge < -0.3 is 14.2 Å². The van der Waals surface area contributed by atoms with E-state index >= 15 is 0 Å². The molecule has 26 heavy (non-hydrogen) atoms. The highest BCUT2D eigenvalue weighted by molar-refractivity contribution is 5.94. The molecule has 2 atom stereocenters. The number of piperidine rings is 1. The summed E-state index contributed by atoms with van der Waals surface area (Å²) in [5.41, 5.74) is 1.08. The summed E-state index contributed by atoms with van der Waals surface area (Å²) >= 11 is 0.